The van der Waals surface area contributed by atoms with Crippen molar-refractivity contribution in [1.82, 2.24) is 19.4 Å². The van der Waals surface area contributed by atoms with E-state index in [-0.39, 0.29) is 24.4 Å². The van der Waals surface area contributed by atoms with Crippen LogP contribution in [0.3, 0.4) is 0 Å². The van der Waals surface area contributed by atoms with Gasteiger partial charge in [0.25, 0.3) is 5.91 Å². The first-order valence-electron chi connectivity index (χ1n) is 12.8. The van der Waals surface area contributed by atoms with Crippen LogP contribution in [0, 0.1) is 5.82 Å². The third kappa shape index (κ3) is 4.34. The van der Waals surface area contributed by atoms with Gasteiger partial charge < -0.3 is 14.4 Å². The number of rotatable bonds is 6. The SMILES string of the molecule is C=CC(F)(CC)c1cn(-c2cccc(F)c2)c2ncnc(N3C[C@@H](C)N(C(=O)c4ccccc4)C[C@@H]3C)c12. The maximum absolute atomic E-state index is 16.3. The number of hydrogen-bond acceptors (Lipinski definition) is 4. The summed E-state index contributed by atoms with van der Waals surface area (Å²) in [5, 5.41) is 0.558. The molecule has 1 fully saturated rings. The molecule has 8 heteroatoms. The Kier molecular flexibility index (Phi) is 6.73. The van der Waals surface area contributed by atoms with Crippen molar-refractivity contribution in [2.75, 3.05) is 18.0 Å². The summed E-state index contributed by atoms with van der Waals surface area (Å²) in [6, 6.07) is 15.2. The van der Waals surface area contributed by atoms with E-state index in [1.54, 1.807) is 29.8 Å². The van der Waals surface area contributed by atoms with Crippen molar-refractivity contribution in [1.29, 1.82) is 0 Å². The van der Waals surface area contributed by atoms with E-state index in [4.69, 9.17) is 0 Å². The molecule has 2 aromatic carbocycles. The first kappa shape index (κ1) is 25.6. The maximum Gasteiger partial charge on any atom is 0.254 e. The van der Waals surface area contributed by atoms with Crippen LogP contribution in [0.25, 0.3) is 16.7 Å². The van der Waals surface area contributed by atoms with Crippen molar-refractivity contribution >= 4 is 22.8 Å². The highest BCUT2D eigenvalue weighted by Crippen LogP contribution is 2.42. The van der Waals surface area contributed by atoms with E-state index in [0.717, 1.165) is 0 Å². The minimum absolute atomic E-state index is 0.0178. The fourth-order valence-electron chi connectivity index (χ4n) is 5.30. The van der Waals surface area contributed by atoms with Gasteiger partial charge in [-0.1, -0.05) is 43.8 Å². The molecule has 1 aliphatic rings. The summed E-state index contributed by atoms with van der Waals surface area (Å²) in [4.78, 5) is 26.4. The third-order valence-electron chi connectivity index (χ3n) is 7.47. The fraction of sp³-hybridized carbons (Fsp3) is 0.300. The molecule has 0 bridgehead atoms. The molecule has 196 valence electrons. The number of carbonyl (C=O) groups is 1. The number of anilines is 1. The zero-order valence-electron chi connectivity index (χ0n) is 21.8. The Bertz CT molecular complexity index is 1490. The molecular weight excluding hydrogens is 484 g/mol. The number of hydrogen-bond donors (Lipinski definition) is 0. The normalized spacial score (nSPS) is 19.4. The lowest BCUT2D eigenvalue weighted by atomic mass is 9.93. The molecule has 0 N–H and O–H groups in total. The average molecular weight is 516 g/mol. The lowest BCUT2D eigenvalue weighted by Gasteiger charge is -2.45. The molecule has 0 spiro atoms. The molecule has 38 heavy (non-hydrogen) atoms. The highest BCUT2D eigenvalue weighted by Gasteiger charge is 2.37. The van der Waals surface area contributed by atoms with Gasteiger partial charge in [-0.2, -0.15) is 0 Å². The number of amides is 1. The number of halogens is 2. The second-order valence-electron chi connectivity index (χ2n) is 9.88. The van der Waals surface area contributed by atoms with Gasteiger partial charge in [-0.05, 0) is 50.6 Å². The first-order chi connectivity index (χ1) is 18.3. The van der Waals surface area contributed by atoms with E-state index in [1.807, 2.05) is 49.1 Å². The largest absolute Gasteiger partial charge is 0.349 e. The van der Waals surface area contributed by atoms with Crippen LogP contribution in [-0.4, -0.2) is 50.5 Å². The van der Waals surface area contributed by atoms with Crippen molar-refractivity contribution in [2.24, 2.45) is 0 Å². The van der Waals surface area contributed by atoms with Gasteiger partial charge in [-0.25, -0.2) is 18.7 Å². The number of carbonyl (C=O) groups excluding carboxylic acids is 1. The summed E-state index contributed by atoms with van der Waals surface area (Å²) in [6.45, 7) is 10.6. The molecule has 5 rings (SSSR count). The van der Waals surface area contributed by atoms with Crippen molar-refractivity contribution in [2.45, 2.75) is 44.9 Å². The van der Waals surface area contributed by atoms with E-state index in [9.17, 15) is 9.18 Å². The molecule has 2 aromatic heterocycles. The highest BCUT2D eigenvalue weighted by atomic mass is 19.1. The van der Waals surface area contributed by atoms with Crippen LogP contribution >= 0.6 is 0 Å². The van der Waals surface area contributed by atoms with Crippen molar-refractivity contribution in [3.8, 4) is 5.69 Å². The monoisotopic (exact) mass is 515 g/mol. The highest BCUT2D eigenvalue weighted by molar-refractivity contribution is 5.96. The van der Waals surface area contributed by atoms with Crippen molar-refractivity contribution < 1.29 is 13.6 Å². The molecule has 1 unspecified atom stereocenters. The van der Waals surface area contributed by atoms with Gasteiger partial charge in [-0.3, -0.25) is 4.79 Å². The van der Waals surface area contributed by atoms with Gasteiger partial charge >= 0.3 is 0 Å². The average Bonchev–Trinajstić information content (AvgIpc) is 3.34. The molecule has 1 saturated heterocycles. The molecule has 0 aliphatic carbocycles. The summed E-state index contributed by atoms with van der Waals surface area (Å²) < 4.78 is 32.1. The third-order valence-corrected chi connectivity index (χ3v) is 7.47. The second kappa shape index (κ2) is 10.0. The standard InChI is InChI=1S/C30H31F2N5O/c1-5-30(32,6-2)25-18-37(24-14-10-13-23(31)15-24)28-26(25)27(33-19-34-28)35-16-21(4)36(17-20(35)3)29(38)22-11-8-7-9-12-22/h5,7-15,18-21H,1,6,16-17H2,2-4H3/t20-,21+,30?/m0/s1. The van der Waals surface area contributed by atoms with Crippen LogP contribution in [0.1, 0.15) is 43.1 Å². The second-order valence-corrected chi connectivity index (χ2v) is 9.88. The van der Waals surface area contributed by atoms with Crippen molar-refractivity contribution in [3.63, 3.8) is 0 Å². The van der Waals surface area contributed by atoms with Gasteiger partial charge in [0.2, 0.25) is 0 Å². The van der Waals surface area contributed by atoms with E-state index >= 15 is 4.39 Å². The number of piperazine rings is 1. The van der Waals surface area contributed by atoms with Crippen LogP contribution in [0.5, 0.6) is 0 Å². The van der Waals surface area contributed by atoms with E-state index in [1.165, 1.54) is 24.5 Å². The minimum Gasteiger partial charge on any atom is -0.349 e. The quantitative estimate of drug-likeness (QED) is 0.293. The predicted molar refractivity (Wildman–Crippen MR) is 146 cm³/mol. The zero-order chi connectivity index (χ0) is 27.0. The van der Waals surface area contributed by atoms with Gasteiger partial charge in [0.05, 0.1) is 5.39 Å². The maximum atomic E-state index is 16.3. The van der Waals surface area contributed by atoms with Crippen LogP contribution < -0.4 is 4.90 Å². The summed E-state index contributed by atoms with van der Waals surface area (Å²) in [7, 11) is 0. The van der Waals surface area contributed by atoms with Crippen LogP contribution in [0.2, 0.25) is 0 Å². The number of aromatic nitrogens is 3. The zero-order valence-corrected chi connectivity index (χ0v) is 21.8. The fourth-order valence-corrected chi connectivity index (χ4v) is 5.30. The lowest BCUT2D eigenvalue weighted by Crippen LogP contribution is -2.58. The Hall–Kier alpha value is -4.07. The summed E-state index contributed by atoms with van der Waals surface area (Å²) >= 11 is 0. The topological polar surface area (TPSA) is 54.3 Å². The molecule has 6 nitrogen and oxygen atoms in total. The van der Waals surface area contributed by atoms with Crippen molar-refractivity contribution in [3.05, 3.63) is 96.7 Å². The molecule has 1 aliphatic heterocycles. The van der Waals surface area contributed by atoms with Gasteiger partial charge in [0.15, 0.2) is 5.67 Å². The Labute approximate surface area is 221 Å². The van der Waals surface area contributed by atoms with Crippen LogP contribution in [0.15, 0.2) is 79.8 Å². The number of nitrogens with zero attached hydrogens (tertiary/aromatic N) is 5. The molecule has 0 radical (unpaired) electrons. The van der Waals surface area contributed by atoms with Gasteiger partial charge in [0.1, 0.15) is 23.6 Å². The Morgan fingerprint density at radius 2 is 1.87 bits per heavy atom. The van der Waals surface area contributed by atoms with E-state index < -0.39 is 11.5 Å². The Morgan fingerprint density at radius 1 is 1.11 bits per heavy atom. The number of allylic oxidation sites excluding steroid dienone is 1. The molecule has 3 heterocycles. The number of fused-ring (bicyclic) bond motifs is 1. The minimum atomic E-state index is -1.84. The predicted octanol–water partition coefficient (Wildman–Crippen LogP) is 6.06. The first-order valence-corrected chi connectivity index (χ1v) is 12.8. The molecular formula is C30H31F2N5O. The summed E-state index contributed by atoms with van der Waals surface area (Å²) in [5.74, 6) is 0.173. The molecule has 0 saturated carbocycles. The van der Waals surface area contributed by atoms with Crippen LogP contribution in [-0.2, 0) is 5.67 Å². The van der Waals surface area contributed by atoms with Crippen LogP contribution in [0.4, 0.5) is 14.6 Å². The smallest absolute Gasteiger partial charge is 0.254 e. The molecule has 1 amide bonds. The summed E-state index contributed by atoms with van der Waals surface area (Å²) in [5.41, 5.74) is 0.210. The summed E-state index contributed by atoms with van der Waals surface area (Å²) in [6.07, 6.45) is 4.59. The molecule has 3 atom stereocenters. The number of benzene rings is 2. The van der Waals surface area contributed by atoms with E-state index in [0.29, 0.717) is 46.8 Å². The van der Waals surface area contributed by atoms with Gasteiger partial charge in [-0.15, -0.1) is 0 Å². The molecule has 4 aromatic rings. The number of alkyl halides is 1. The van der Waals surface area contributed by atoms with E-state index in [2.05, 4.69) is 21.4 Å². The Morgan fingerprint density at radius 3 is 2.55 bits per heavy atom. The lowest BCUT2D eigenvalue weighted by molar-refractivity contribution is 0.0644. The van der Waals surface area contributed by atoms with Gasteiger partial charge in [0, 0.05) is 48.2 Å². The Balaban J connectivity index is 1.61.